The number of anilines is 1. The number of β-lactam (4-membered cyclic amide) rings is 1. The van der Waals surface area contributed by atoms with E-state index in [0.717, 1.165) is 11.1 Å². The normalized spacial score (nSPS) is 19.2. The molecule has 4 nitrogen and oxygen atoms in total. The van der Waals surface area contributed by atoms with E-state index in [9.17, 15) is 23.8 Å². The zero-order valence-corrected chi connectivity index (χ0v) is 16.8. The average Bonchev–Trinajstić information content (AvgIpc) is 2.79. The summed E-state index contributed by atoms with van der Waals surface area (Å²) in [5.74, 6) is -1.18. The summed E-state index contributed by atoms with van der Waals surface area (Å²) in [7, 11) is 0. The van der Waals surface area contributed by atoms with E-state index >= 15 is 0 Å². The van der Waals surface area contributed by atoms with Crippen LogP contribution in [-0.2, 0) is 11.4 Å². The third-order valence-corrected chi connectivity index (χ3v) is 5.83. The van der Waals surface area contributed by atoms with Crippen LogP contribution in [0.2, 0.25) is 0 Å². The van der Waals surface area contributed by atoms with Gasteiger partial charge in [-0.15, -0.1) is 0 Å². The van der Waals surface area contributed by atoms with E-state index in [4.69, 9.17) is 0 Å². The number of amides is 1. The van der Waals surface area contributed by atoms with Crippen LogP contribution in [0.5, 0.6) is 0 Å². The maximum atomic E-state index is 13.4. The SMILES string of the molecule is O=C1C(CC[C@H](O)c2ccc(F)cc2)C(c2ccc(CO)cc2)N1c1ccc(F)cc1. The predicted molar refractivity (Wildman–Crippen MR) is 113 cm³/mol. The zero-order chi connectivity index (χ0) is 22.0. The fourth-order valence-corrected chi connectivity index (χ4v) is 4.11. The molecule has 0 aliphatic carbocycles. The van der Waals surface area contributed by atoms with Crippen molar-refractivity contribution in [2.24, 2.45) is 5.92 Å². The molecule has 0 aromatic heterocycles. The molecule has 3 aromatic carbocycles. The number of halogens is 2. The Labute approximate surface area is 179 Å². The van der Waals surface area contributed by atoms with Gasteiger partial charge in [0.15, 0.2) is 0 Å². The highest BCUT2D eigenvalue weighted by atomic mass is 19.1. The van der Waals surface area contributed by atoms with Gasteiger partial charge in [0.05, 0.1) is 24.7 Å². The molecule has 0 bridgehead atoms. The van der Waals surface area contributed by atoms with Gasteiger partial charge in [0.2, 0.25) is 5.91 Å². The summed E-state index contributed by atoms with van der Waals surface area (Å²) >= 11 is 0. The number of hydrogen-bond acceptors (Lipinski definition) is 3. The molecule has 1 saturated heterocycles. The minimum absolute atomic E-state index is 0.0706. The molecule has 160 valence electrons. The van der Waals surface area contributed by atoms with Crippen molar-refractivity contribution in [3.05, 3.63) is 101 Å². The van der Waals surface area contributed by atoms with Gasteiger partial charge in [0, 0.05) is 5.69 Å². The van der Waals surface area contributed by atoms with Gasteiger partial charge in [-0.25, -0.2) is 8.78 Å². The highest BCUT2D eigenvalue weighted by Crippen LogP contribution is 2.46. The van der Waals surface area contributed by atoms with Gasteiger partial charge in [-0.05, 0) is 65.9 Å². The van der Waals surface area contributed by atoms with Crippen LogP contribution in [0.1, 0.15) is 41.7 Å². The minimum Gasteiger partial charge on any atom is -0.392 e. The number of carbonyl (C=O) groups is 1. The monoisotopic (exact) mass is 423 g/mol. The second-order valence-corrected chi connectivity index (χ2v) is 7.78. The predicted octanol–water partition coefficient (Wildman–Crippen LogP) is 4.68. The van der Waals surface area contributed by atoms with Crippen molar-refractivity contribution in [2.45, 2.75) is 31.6 Å². The van der Waals surface area contributed by atoms with Crippen molar-refractivity contribution in [1.29, 1.82) is 0 Å². The number of benzene rings is 3. The lowest BCUT2D eigenvalue weighted by molar-refractivity contribution is -0.131. The summed E-state index contributed by atoms with van der Waals surface area (Å²) in [6.07, 6.45) is -0.00266. The van der Waals surface area contributed by atoms with Crippen LogP contribution in [0.3, 0.4) is 0 Å². The van der Waals surface area contributed by atoms with Gasteiger partial charge >= 0.3 is 0 Å². The molecule has 3 aromatic rings. The maximum absolute atomic E-state index is 13.4. The van der Waals surface area contributed by atoms with Crippen LogP contribution in [0, 0.1) is 17.6 Å². The van der Waals surface area contributed by atoms with Crippen molar-refractivity contribution in [2.75, 3.05) is 4.90 Å². The number of rotatable bonds is 7. The number of aliphatic hydroxyl groups is 2. The average molecular weight is 423 g/mol. The van der Waals surface area contributed by atoms with Crippen LogP contribution in [0.15, 0.2) is 72.8 Å². The molecule has 0 spiro atoms. The molecule has 4 rings (SSSR count). The Morgan fingerprint density at radius 1 is 0.871 bits per heavy atom. The van der Waals surface area contributed by atoms with E-state index in [1.165, 1.54) is 24.3 Å². The van der Waals surface area contributed by atoms with E-state index in [2.05, 4.69) is 0 Å². The molecule has 3 atom stereocenters. The van der Waals surface area contributed by atoms with Crippen molar-refractivity contribution in [1.82, 2.24) is 0 Å². The molecule has 0 saturated carbocycles. The fourth-order valence-electron chi connectivity index (χ4n) is 4.11. The molecule has 6 heteroatoms. The quantitative estimate of drug-likeness (QED) is 0.543. The summed E-state index contributed by atoms with van der Waals surface area (Å²) in [5.41, 5.74) is 2.89. The molecule has 1 fully saturated rings. The summed E-state index contributed by atoms with van der Waals surface area (Å²) in [6, 6.07) is 18.6. The third-order valence-electron chi connectivity index (χ3n) is 5.83. The summed E-state index contributed by atoms with van der Waals surface area (Å²) < 4.78 is 26.5. The first kappa shape index (κ1) is 21.2. The lowest BCUT2D eigenvalue weighted by Gasteiger charge is -2.48. The number of nitrogens with zero attached hydrogens (tertiary/aromatic N) is 1. The van der Waals surface area contributed by atoms with E-state index in [1.54, 1.807) is 29.2 Å². The second kappa shape index (κ2) is 8.96. The fraction of sp³-hybridized carbons (Fsp3) is 0.240. The molecule has 1 heterocycles. The summed E-state index contributed by atoms with van der Waals surface area (Å²) in [4.78, 5) is 14.6. The number of aliphatic hydroxyl groups excluding tert-OH is 2. The molecule has 1 aliphatic rings. The first-order valence-corrected chi connectivity index (χ1v) is 10.2. The lowest BCUT2D eigenvalue weighted by atomic mass is 9.78. The maximum Gasteiger partial charge on any atom is 0.233 e. The highest BCUT2D eigenvalue weighted by molar-refractivity contribution is 6.03. The summed E-state index contributed by atoms with van der Waals surface area (Å²) in [5, 5.41) is 19.8. The van der Waals surface area contributed by atoms with Crippen molar-refractivity contribution in [3.8, 4) is 0 Å². The second-order valence-electron chi connectivity index (χ2n) is 7.78. The van der Waals surface area contributed by atoms with E-state index in [0.29, 0.717) is 24.1 Å². The van der Waals surface area contributed by atoms with Crippen LogP contribution < -0.4 is 4.90 Å². The first-order valence-electron chi connectivity index (χ1n) is 10.2. The first-order chi connectivity index (χ1) is 15.0. The topological polar surface area (TPSA) is 60.8 Å². The van der Waals surface area contributed by atoms with Crippen LogP contribution in [0.25, 0.3) is 0 Å². The largest absolute Gasteiger partial charge is 0.392 e. The number of hydrogen-bond donors (Lipinski definition) is 2. The molecular formula is C25H23F2NO3. The van der Waals surface area contributed by atoms with Gasteiger partial charge in [-0.3, -0.25) is 4.79 Å². The molecule has 31 heavy (non-hydrogen) atoms. The third kappa shape index (κ3) is 4.36. The van der Waals surface area contributed by atoms with Gasteiger partial charge < -0.3 is 15.1 Å². The number of carbonyl (C=O) groups excluding carboxylic acids is 1. The van der Waals surface area contributed by atoms with Gasteiger partial charge in [-0.1, -0.05) is 36.4 Å². The Kier molecular flexibility index (Phi) is 6.11. The van der Waals surface area contributed by atoms with Crippen molar-refractivity contribution < 1.29 is 23.8 Å². The Hall–Kier alpha value is -3.09. The van der Waals surface area contributed by atoms with Crippen molar-refractivity contribution >= 4 is 11.6 Å². The molecule has 2 unspecified atom stereocenters. The summed E-state index contributed by atoms with van der Waals surface area (Å²) in [6.45, 7) is -0.0706. The van der Waals surface area contributed by atoms with E-state index < -0.39 is 6.10 Å². The molecule has 1 aliphatic heterocycles. The van der Waals surface area contributed by atoms with Gasteiger partial charge in [0.25, 0.3) is 0 Å². The zero-order valence-electron chi connectivity index (χ0n) is 16.8. The van der Waals surface area contributed by atoms with Crippen molar-refractivity contribution in [3.63, 3.8) is 0 Å². The molecule has 2 N–H and O–H groups in total. The molecule has 0 radical (unpaired) electrons. The molecular weight excluding hydrogens is 400 g/mol. The smallest absolute Gasteiger partial charge is 0.233 e. The Balaban J connectivity index is 1.55. The van der Waals surface area contributed by atoms with Crippen LogP contribution in [0.4, 0.5) is 14.5 Å². The van der Waals surface area contributed by atoms with Gasteiger partial charge in [0.1, 0.15) is 11.6 Å². The molecule has 1 amide bonds. The van der Waals surface area contributed by atoms with E-state index in [-0.39, 0.29) is 36.1 Å². The van der Waals surface area contributed by atoms with Crippen LogP contribution >= 0.6 is 0 Å². The highest BCUT2D eigenvalue weighted by Gasteiger charge is 2.48. The minimum atomic E-state index is -0.800. The van der Waals surface area contributed by atoms with E-state index in [1.807, 2.05) is 24.3 Å². The standard InChI is InChI=1S/C25H23F2NO3/c26-19-7-5-17(6-8-19)23(30)14-13-22-24(18-3-1-16(15-29)2-4-18)28(25(22)31)21-11-9-20(27)10-12-21/h1-12,22-24,29-30H,13-15H2/t22?,23-,24?/m0/s1. The Morgan fingerprint density at radius 3 is 2.03 bits per heavy atom. The Morgan fingerprint density at radius 2 is 1.45 bits per heavy atom. The Bertz CT molecular complexity index is 1040. The lowest BCUT2D eigenvalue weighted by Crippen LogP contribution is -2.55. The van der Waals surface area contributed by atoms with Gasteiger partial charge in [-0.2, -0.15) is 0 Å². The van der Waals surface area contributed by atoms with Crippen LogP contribution in [-0.4, -0.2) is 16.1 Å².